The van der Waals surface area contributed by atoms with Crippen LogP contribution in [-0.4, -0.2) is 85.3 Å². The lowest BCUT2D eigenvalue weighted by Gasteiger charge is -2.43. The predicted molar refractivity (Wildman–Crippen MR) is 187 cm³/mol. The second-order valence-electron chi connectivity index (χ2n) is 12.6. The molecule has 1 heterocycles. The van der Waals surface area contributed by atoms with Gasteiger partial charge in [-0.15, -0.1) is 0 Å². The van der Waals surface area contributed by atoms with Crippen molar-refractivity contribution >= 4 is 41.4 Å². The Morgan fingerprint density at radius 2 is 1.35 bits per heavy atom. The second-order valence-corrected chi connectivity index (χ2v) is 12.6. The highest BCUT2D eigenvalue weighted by Gasteiger charge is 2.56. The molecule has 0 radical (unpaired) electrons. The van der Waals surface area contributed by atoms with Crippen molar-refractivity contribution in [2.45, 2.75) is 83.3 Å². The third-order valence-electron chi connectivity index (χ3n) is 8.74. The summed E-state index contributed by atoms with van der Waals surface area (Å²) in [5.41, 5.74) is 4.82. The number of hydrogen-bond donors (Lipinski definition) is 2. The SMILES string of the molecule is COC(=O)[C@H]1O[C@@H](Oc2ccc(CO)cc2NC(=O)CCCC(=O)OCC2c3ccccc3-c3ccccc32)[C@H](OC(C)=O)[C@@H](OC(C)=O)[C@@H]1OC(C)=O. The van der Waals surface area contributed by atoms with E-state index in [1.807, 2.05) is 48.5 Å². The van der Waals surface area contributed by atoms with Crippen LogP contribution in [-0.2, 0) is 63.8 Å². The summed E-state index contributed by atoms with van der Waals surface area (Å²) in [4.78, 5) is 75.0. The Labute approximate surface area is 310 Å². The molecule has 0 bridgehead atoms. The molecule has 286 valence electrons. The first-order valence-electron chi connectivity index (χ1n) is 17.2. The number of fused-ring (bicyclic) bond motifs is 3. The van der Waals surface area contributed by atoms with E-state index in [1.54, 1.807) is 0 Å². The fraction of sp³-hybridized carbons (Fsp3) is 0.385. The van der Waals surface area contributed by atoms with Gasteiger partial charge in [-0.1, -0.05) is 54.6 Å². The van der Waals surface area contributed by atoms with Gasteiger partial charge < -0.3 is 43.6 Å². The van der Waals surface area contributed by atoms with Crippen LogP contribution in [0.5, 0.6) is 5.75 Å². The van der Waals surface area contributed by atoms with Gasteiger partial charge in [0.2, 0.25) is 18.3 Å². The maximum Gasteiger partial charge on any atom is 0.339 e. The summed E-state index contributed by atoms with van der Waals surface area (Å²) < 4.78 is 38.4. The number of aliphatic hydroxyl groups excluding tert-OH is 1. The van der Waals surface area contributed by atoms with E-state index >= 15 is 0 Å². The van der Waals surface area contributed by atoms with Crippen LogP contribution in [0.3, 0.4) is 0 Å². The summed E-state index contributed by atoms with van der Waals surface area (Å²) in [6.07, 6.45) is -8.13. The van der Waals surface area contributed by atoms with Crippen molar-refractivity contribution < 1.29 is 67.0 Å². The molecule has 0 spiro atoms. The first-order valence-corrected chi connectivity index (χ1v) is 17.2. The molecule has 1 aliphatic heterocycles. The van der Waals surface area contributed by atoms with Gasteiger partial charge in [-0.25, -0.2) is 4.79 Å². The minimum absolute atomic E-state index is 0.0284. The fourth-order valence-corrected chi connectivity index (χ4v) is 6.47. The molecule has 2 aliphatic rings. The molecule has 3 aromatic rings. The maximum absolute atomic E-state index is 13.1. The molecule has 15 heteroatoms. The van der Waals surface area contributed by atoms with Gasteiger partial charge in [0.05, 0.1) is 19.4 Å². The molecule has 5 rings (SSSR count). The Morgan fingerprint density at radius 1 is 0.759 bits per heavy atom. The van der Waals surface area contributed by atoms with E-state index in [2.05, 4.69) is 5.32 Å². The number of amides is 1. The Morgan fingerprint density at radius 3 is 1.94 bits per heavy atom. The van der Waals surface area contributed by atoms with Crippen LogP contribution in [0.15, 0.2) is 66.7 Å². The molecule has 54 heavy (non-hydrogen) atoms. The number of aliphatic hydroxyl groups is 1. The van der Waals surface area contributed by atoms with Gasteiger partial charge in [0.1, 0.15) is 12.4 Å². The van der Waals surface area contributed by atoms with Crippen molar-refractivity contribution in [2.75, 3.05) is 19.0 Å². The topological polar surface area (TPSA) is 199 Å². The van der Waals surface area contributed by atoms with Gasteiger partial charge in [-0.3, -0.25) is 24.0 Å². The Kier molecular flexibility index (Phi) is 13.0. The van der Waals surface area contributed by atoms with Crippen molar-refractivity contribution in [1.82, 2.24) is 0 Å². The molecule has 3 aromatic carbocycles. The number of benzene rings is 3. The average Bonchev–Trinajstić information content (AvgIpc) is 3.46. The van der Waals surface area contributed by atoms with E-state index in [0.29, 0.717) is 5.56 Å². The Bertz CT molecular complexity index is 1850. The van der Waals surface area contributed by atoms with Gasteiger partial charge in [-0.2, -0.15) is 0 Å². The van der Waals surface area contributed by atoms with Crippen LogP contribution in [0.2, 0.25) is 0 Å². The summed E-state index contributed by atoms with van der Waals surface area (Å²) in [7, 11) is 1.06. The third kappa shape index (κ3) is 9.40. The molecule has 5 atom stereocenters. The van der Waals surface area contributed by atoms with Crippen LogP contribution in [0, 0.1) is 0 Å². The van der Waals surface area contributed by atoms with Crippen molar-refractivity contribution in [3.8, 4) is 16.9 Å². The van der Waals surface area contributed by atoms with E-state index in [4.69, 9.17) is 33.2 Å². The lowest BCUT2D eigenvalue weighted by Crippen LogP contribution is -2.64. The summed E-state index contributed by atoms with van der Waals surface area (Å²) >= 11 is 0. The van der Waals surface area contributed by atoms with Gasteiger partial charge in [-0.05, 0) is 46.4 Å². The minimum Gasteiger partial charge on any atom is -0.467 e. The molecule has 2 N–H and O–H groups in total. The molecular formula is C39H41NO14. The highest BCUT2D eigenvalue weighted by Crippen LogP contribution is 2.44. The van der Waals surface area contributed by atoms with E-state index in [0.717, 1.165) is 50.1 Å². The van der Waals surface area contributed by atoms with Crippen LogP contribution >= 0.6 is 0 Å². The van der Waals surface area contributed by atoms with Crippen molar-refractivity contribution in [2.24, 2.45) is 0 Å². The Hall–Kier alpha value is -5.80. The smallest absolute Gasteiger partial charge is 0.339 e. The summed E-state index contributed by atoms with van der Waals surface area (Å²) in [6.45, 7) is 2.94. The number of ether oxygens (including phenoxy) is 7. The predicted octanol–water partition coefficient (Wildman–Crippen LogP) is 3.72. The van der Waals surface area contributed by atoms with Gasteiger partial charge >= 0.3 is 29.8 Å². The standard InChI is InChI=1S/C39H41NO14/c1-21(42)50-34-35(51-22(2)43)37(52-23(3)44)39(54-36(34)38(47)48-4)53-31-17-16-24(19-41)18-30(31)40-32(45)14-9-15-33(46)49-20-29-27-12-7-5-10-25(27)26-11-6-8-13-28(26)29/h5-8,10-13,16-18,29,34-37,39,41H,9,14-15,19-20H2,1-4H3,(H,40,45)/t34-,35-,36-,37+,39+/m0/s1. The number of hydrogen-bond acceptors (Lipinski definition) is 14. The fourth-order valence-electron chi connectivity index (χ4n) is 6.47. The largest absolute Gasteiger partial charge is 0.467 e. The molecule has 0 aromatic heterocycles. The second kappa shape index (κ2) is 17.8. The number of methoxy groups -OCH3 is 1. The zero-order valence-corrected chi connectivity index (χ0v) is 30.1. The number of carbonyl (C=O) groups is 6. The van der Waals surface area contributed by atoms with Crippen LogP contribution in [0.25, 0.3) is 11.1 Å². The lowest BCUT2D eigenvalue weighted by molar-refractivity contribution is -0.282. The highest BCUT2D eigenvalue weighted by atomic mass is 16.7. The van der Waals surface area contributed by atoms with Crippen LogP contribution in [0.4, 0.5) is 5.69 Å². The summed E-state index contributed by atoms with van der Waals surface area (Å²) in [6, 6.07) is 20.3. The minimum atomic E-state index is -1.70. The van der Waals surface area contributed by atoms with Crippen LogP contribution in [0.1, 0.15) is 62.6 Å². The lowest BCUT2D eigenvalue weighted by atomic mass is 9.97. The van der Waals surface area contributed by atoms with E-state index in [9.17, 15) is 33.9 Å². The van der Waals surface area contributed by atoms with Crippen molar-refractivity contribution in [3.05, 3.63) is 83.4 Å². The normalized spacial score (nSPS) is 20.1. The molecule has 1 fully saturated rings. The zero-order valence-electron chi connectivity index (χ0n) is 30.1. The van der Waals surface area contributed by atoms with E-state index in [-0.39, 0.29) is 43.2 Å². The average molecular weight is 748 g/mol. The third-order valence-corrected chi connectivity index (χ3v) is 8.74. The molecule has 1 aliphatic carbocycles. The quantitative estimate of drug-likeness (QED) is 0.179. The zero-order chi connectivity index (χ0) is 38.9. The van der Waals surface area contributed by atoms with Gasteiger partial charge in [0.25, 0.3) is 0 Å². The number of carbonyl (C=O) groups excluding carboxylic acids is 6. The van der Waals surface area contributed by atoms with Crippen molar-refractivity contribution in [3.63, 3.8) is 0 Å². The molecule has 15 nitrogen and oxygen atoms in total. The first-order chi connectivity index (χ1) is 25.9. The van der Waals surface area contributed by atoms with Gasteiger partial charge in [0, 0.05) is 39.5 Å². The number of nitrogens with one attached hydrogen (secondary N) is 1. The number of anilines is 1. The maximum atomic E-state index is 13.1. The first kappa shape index (κ1) is 39.4. The number of rotatable bonds is 14. The summed E-state index contributed by atoms with van der Waals surface area (Å²) in [5.74, 6) is -4.73. The molecule has 0 saturated carbocycles. The molecule has 1 saturated heterocycles. The van der Waals surface area contributed by atoms with E-state index < -0.39 is 73.1 Å². The Balaban J connectivity index is 1.26. The molecular weight excluding hydrogens is 706 g/mol. The van der Waals surface area contributed by atoms with Crippen LogP contribution < -0.4 is 10.1 Å². The van der Waals surface area contributed by atoms with E-state index in [1.165, 1.54) is 18.2 Å². The number of esters is 5. The monoisotopic (exact) mass is 747 g/mol. The highest BCUT2D eigenvalue weighted by molar-refractivity contribution is 5.92. The van der Waals surface area contributed by atoms with Crippen molar-refractivity contribution in [1.29, 1.82) is 0 Å². The molecule has 0 unspecified atom stereocenters. The molecule has 1 amide bonds. The summed E-state index contributed by atoms with van der Waals surface area (Å²) in [5, 5.41) is 12.5. The van der Waals surface area contributed by atoms with Gasteiger partial charge in [0.15, 0.2) is 18.3 Å².